The third kappa shape index (κ3) is 10.3. The van der Waals surface area contributed by atoms with E-state index in [1.807, 2.05) is 87.5 Å². The van der Waals surface area contributed by atoms with E-state index in [2.05, 4.69) is 38.0 Å². The van der Waals surface area contributed by atoms with Crippen molar-refractivity contribution in [2.45, 2.75) is 53.4 Å². The van der Waals surface area contributed by atoms with Crippen LogP contribution in [0.3, 0.4) is 0 Å². The van der Waals surface area contributed by atoms with E-state index in [0.717, 1.165) is 27.1 Å². The molecule has 0 saturated carbocycles. The van der Waals surface area contributed by atoms with Crippen molar-refractivity contribution in [3.05, 3.63) is 177 Å². The first-order valence-electron chi connectivity index (χ1n) is 20.8. The highest BCUT2D eigenvalue weighted by Gasteiger charge is 2.35. The van der Waals surface area contributed by atoms with Crippen LogP contribution in [0, 0.1) is 5.41 Å². The molecule has 64 heavy (non-hydrogen) atoms. The Hall–Kier alpha value is -7.03. The minimum absolute atomic E-state index is 0.0823. The van der Waals surface area contributed by atoms with Crippen LogP contribution in [0.5, 0.6) is 17.2 Å². The molecule has 328 valence electrons. The Morgan fingerprint density at radius 2 is 1.33 bits per heavy atom. The minimum Gasteiger partial charge on any atom is -0.508 e. The number of likely N-dealkylation sites (N-methyl/N-ethyl adjacent to an activating group) is 1. The van der Waals surface area contributed by atoms with Crippen LogP contribution in [-0.2, 0) is 14.8 Å². The Bertz CT molecular complexity index is 2890. The Kier molecular flexibility index (Phi) is 13.6. The van der Waals surface area contributed by atoms with Gasteiger partial charge in [0.2, 0.25) is 5.91 Å². The molecule has 1 heterocycles. The molecule has 10 nitrogen and oxygen atoms in total. The van der Waals surface area contributed by atoms with Gasteiger partial charge in [0.25, 0.3) is 5.91 Å². The quantitative estimate of drug-likeness (QED) is 0.0810. The summed E-state index contributed by atoms with van der Waals surface area (Å²) >= 11 is 0. The smallest absolute Gasteiger partial charge is 0.336 e. The van der Waals surface area contributed by atoms with Gasteiger partial charge in [-0.1, -0.05) is 133 Å². The van der Waals surface area contributed by atoms with Crippen molar-refractivity contribution in [1.29, 1.82) is 0 Å². The number of aromatic carboxylic acids is 1. The number of carbonyl (C=O) groups excluding carboxylic acids is 3. The number of phenolic OH excluding ortho intramolecular Hbond substituents is 1. The molecule has 0 fully saturated rings. The van der Waals surface area contributed by atoms with Gasteiger partial charge in [-0.2, -0.15) is 0 Å². The minimum atomic E-state index is -3.52. The summed E-state index contributed by atoms with van der Waals surface area (Å²) in [5.41, 5.74) is 3.40. The second-order valence-electron chi connectivity index (χ2n) is 17.8. The molecule has 4 N–H and O–H groups in total. The molecule has 0 aromatic heterocycles. The average molecular weight is 877 g/mol. The van der Waals surface area contributed by atoms with E-state index in [-0.39, 0.29) is 52.4 Å². The van der Waals surface area contributed by atoms with E-state index in [1.165, 1.54) is 19.2 Å². The van der Waals surface area contributed by atoms with E-state index in [4.69, 9.17) is 4.74 Å². The first kappa shape index (κ1) is 46.5. The predicted octanol–water partition coefficient (Wildman–Crippen LogP) is 7.57. The first-order chi connectivity index (χ1) is 30.2. The largest absolute Gasteiger partial charge is 0.508 e. The van der Waals surface area contributed by atoms with E-state index in [1.54, 1.807) is 54.6 Å². The number of benzene rings is 6. The number of carboxylic acid groups (broad SMARTS) is 1. The molecule has 0 atom stereocenters. The Balaban J connectivity index is 0.000000216. The number of carbonyl (C=O) groups is 4. The summed E-state index contributed by atoms with van der Waals surface area (Å²) in [4.78, 5) is 50.1. The Labute approximate surface area is 373 Å². The molecule has 6 aromatic rings. The summed E-state index contributed by atoms with van der Waals surface area (Å²) in [6.07, 6.45) is 0.256. The van der Waals surface area contributed by atoms with Gasteiger partial charge in [-0.15, -0.1) is 0 Å². The lowest BCUT2D eigenvalue weighted by Gasteiger charge is -2.24. The third-order valence-corrected chi connectivity index (χ3v) is 13.8. The molecule has 6 aromatic carbocycles. The van der Waals surface area contributed by atoms with Gasteiger partial charge in [0.1, 0.15) is 17.2 Å². The Morgan fingerprint density at radius 3 is 1.91 bits per heavy atom. The van der Waals surface area contributed by atoms with Crippen LogP contribution in [-0.4, -0.2) is 47.4 Å². The number of fused-ring (bicyclic) bond motifs is 2. The fraction of sp³-hybridized carbons (Fsp3) is 0.208. The van der Waals surface area contributed by atoms with Gasteiger partial charge in [0, 0.05) is 62.9 Å². The molecule has 0 spiro atoms. The average Bonchev–Trinajstić information content (AvgIpc) is 3.26. The lowest BCUT2D eigenvalue weighted by Crippen LogP contribution is -2.36. The van der Waals surface area contributed by atoms with Crippen LogP contribution >= 0.6 is 7.14 Å². The number of rotatable bonds is 10. The summed E-state index contributed by atoms with van der Waals surface area (Å²) in [7, 11) is -2.04. The molecular formula is C53H53N2O8P. The molecule has 0 bridgehead atoms. The van der Waals surface area contributed by atoms with Crippen LogP contribution in [0.1, 0.15) is 95.7 Å². The van der Waals surface area contributed by atoms with Crippen molar-refractivity contribution in [1.82, 2.24) is 10.6 Å². The lowest BCUT2D eigenvalue weighted by molar-refractivity contribution is -0.119. The molecule has 1 aliphatic rings. The predicted molar refractivity (Wildman–Crippen MR) is 254 cm³/mol. The number of amides is 2. The molecule has 0 saturated heterocycles. The fourth-order valence-electron chi connectivity index (χ4n) is 7.42. The third-order valence-electron chi connectivity index (χ3n) is 10.7. The van der Waals surface area contributed by atoms with Crippen molar-refractivity contribution in [2.24, 2.45) is 5.41 Å². The summed E-state index contributed by atoms with van der Waals surface area (Å²) in [6, 6.07) is 38.7. The number of nitrogens with one attached hydrogen (secondary N) is 2. The molecular weight excluding hydrogens is 824 g/mol. The van der Waals surface area contributed by atoms with Gasteiger partial charge < -0.3 is 30.1 Å². The van der Waals surface area contributed by atoms with Crippen molar-refractivity contribution < 1.29 is 38.7 Å². The van der Waals surface area contributed by atoms with Crippen LogP contribution in [0.4, 0.5) is 0 Å². The summed E-state index contributed by atoms with van der Waals surface area (Å²) in [6.45, 7) is 15.8. The van der Waals surface area contributed by atoms with Crippen molar-refractivity contribution in [3.63, 3.8) is 0 Å². The second-order valence-corrected chi connectivity index (χ2v) is 20.6. The Morgan fingerprint density at radius 1 is 0.703 bits per heavy atom. The number of ether oxygens (including phenoxy) is 1. The summed E-state index contributed by atoms with van der Waals surface area (Å²) in [5, 5.41) is 28.0. The number of ketones is 1. The molecule has 0 aliphatic carbocycles. The van der Waals surface area contributed by atoms with Crippen molar-refractivity contribution >= 4 is 58.8 Å². The van der Waals surface area contributed by atoms with Gasteiger partial charge in [0.15, 0.2) is 12.9 Å². The number of hydrogen-bond donors (Lipinski definition) is 4. The maximum Gasteiger partial charge on any atom is 0.336 e. The van der Waals surface area contributed by atoms with Gasteiger partial charge in [-0.3, -0.25) is 14.4 Å². The van der Waals surface area contributed by atoms with Gasteiger partial charge >= 0.3 is 5.97 Å². The van der Waals surface area contributed by atoms with E-state index in [9.17, 15) is 29.4 Å². The van der Waals surface area contributed by atoms with Gasteiger partial charge in [-0.25, -0.2) is 4.79 Å². The zero-order chi connectivity index (χ0) is 46.6. The topological polar surface area (TPSA) is 159 Å². The monoisotopic (exact) mass is 876 g/mol. The SMILES string of the molecule is C=c1ccc2c(c1)Oc1cc(O)ccc1C=2c1ccc(C(C)(C)C)cc1C(=O)O.CNC(=O)CNC(=O)c1ccc(C(=O)CC(C)(C)C)c(P(=O)(c2ccccc2)c2ccccc2)c1. The molecule has 1 aliphatic heterocycles. The lowest BCUT2D eigenvalue weighted by atomic mass is 9.82. The van der Waals surface area contributed by atoms with Crippen LogP contribution in [0.25, 0.3) is 12.2 Å². The van der Waals surface area contributed by atoms with Gasteiger partial charge in [0.05, 0.1) is 12.1 Å². The van der Waals surface area contributed by atoms with Crippen molar-refractivity contribution in [2.75, 3.05) is 13.6 Å². The highest BCUT2D eigenvalue weighted by Crippen LogP contribution is 2.44. The standard InChI is InChI=1S/C28H31N2O4P.C25H22O4/c1-28(2,3)18-24(31)23-16-15-20(27(33)30-19-26(32)29-4)17-25(23)35(34,21-11-7-5-8-12-21)22-13-9-6-10-14-22;1-14-5-8-18-21(11-14)29-22-13-16(26)7-10-19(22)23(18)17-9-6-15(25(2,3)4)12-20(17)24(27)28/h5-17H,18-19H2,1-4H3,(H,29,32)(H,30,33);5-13,26H,1H2,2-4H3,(H,27,28). The van der Waals surface area contributed by atoms with E-state index < -0.39 is 19.0 Å². The van der Waals surface area contributed by atoms with Gasteiger partial charge in [-0.05, 0) is 69.6 Å². The van der Waals surface area contributed by atoms with Crippen LogP contribution in [0.2, 0.25) is 0 Å². The summed E-state index contributed by atoms with van der Waals surface area (Å²) in [5.74, 6) is -0.806. The molecule has 11 heteroatoms. The first-order valence-corrected chi connectivity index (χ1v) is 22.5. The highest BCUT2D eigenvalue weighted by molar-refractivity contribution is 7.85. The number of carboxylic acids is 1. The molecule has 0 unspecified atom stereocenters. The second kappa shape index (κ2) is 18.8. The molecule has 0 radical (unpaired) electrons. The number of aromatic hydroxyl groups is 1. The normalized spacial score (nSPS) is 12.1. The van der Waals surface area contributed by atoms with E-state index in [0.29, 0.717) is 38.5 Å². The number of phenols is 1. The van der Waals surface area contributed by atoms with Crippen LogP contribution in [0.15, 0.2) is 133 Å². The van der Waals surface area contributed by atoms with Crippen molar-refractivity contribution in [3.8, 4) is 17.2 Å². The fourth-order valence-corrected chi connectivity index (χ4v) is 10.3. The molecule has 7 rings (SSSR count). The molecule has 2 amide bonds. The van der Waals surface area contributed by atoms with E-state index >= 15 is 4.57 Å². The zero-order valence-electron chi connectivity index (χ0n) is 37.1. The highest BCUT2D eigenvalue weighted by atomic mass is 31.2. The zero-order valence-corrected chi connectivity index (χ0v) is 38.0. The number of hydrogen-bond acceptors (Lipinski definition) is 7. The van der Waals surface area contributed by atoms with Crippen LogP contribution < -0.4 is 41.7 Å². The maximum atomic E-state index is 15.0. The number of Topliss-reactive ketones (excluding diaryl/α,β-unsaturated/α-hetero) is 1. The maximum absolute atomic E-state index is 15.0. The summed E-state index contributed by atoms with van der Waals surface area (Å²) < 4.78 is 21.0.